The van der Waals surface area contributed by atoms with Crippen molar-refractivity contribution >= 4 is 19.7 Å². The Bertz CT molecular complexity index is 1700. The number of quaternary nitrogens is 1. The van der Waals surface area contributed by atoms with Crippen LogP contribution in [0.1, 0.15) is 316 Å². The average Bonchev–Trinajstić information content (AvgIpc) is 3.51. The van der Waals surface area contributed by atoms with Crippen LogP contribution in [-0.4, -0.2) is 74.3 Å². The monoisotopic (exact) mass is 1180 g/mol. The van der Waals surface area contributed by atoms with Gasteiger partial charge in [0.25, 0.3) is 0 Å². The first kappa shape index (κ1) is 80.2. The molecule has 3 unspecified atom stereocenters. The third-order valence-corrected chi connectivity index (χ3v) is 16.3. The van der Waals surface area contributed by atoms with E-state index in [-0.39, 0.29) is 31.5 Å². The molecule has 0 bridgehead atoms. The van der Waals surface area contributed by atoms with Crippen LogP contribution in [-0.2, 0) is 27.9 Å². The number of hydrogen-bond acceptors (Lipinski definition) is 6. The maximum absolute atomic E-state index is 13.6. The van der Waals surface area contributed by atoms with Crippen molar-refractivity contribution in [3.63, 3.8) is 0 Å². The highest BCUT2D eigenvalue weighted by Crippen LogP contribution is 2.43. The Morgan fingerprint density at radius 1 is 0.422 bits per heavy atom. The van der Waals surface area contributed by atoms with Crippen LogP contribution in [0.5, 0.6) is 0 Å². The van der Waals surface area contributed by atoms with E-state index >= 15 is 0 Å². The average molecular weight is 1180 g/mol. The SMILES string of the molecule is CCCCC/C=C\C/C=C\C/C=C\C/C=C\CCCCCCCCCC(=O)OC(/C=C/CCCCCCCCCCC)C(COP(=O)(O)OCC[N+](C)(C)C)NC(=O)CCCCCCCCCCCCCCC/C=C\C/C=C\CCCCC. The van der Waals surface area contributed by atoms with Crippen LogP contribution < -0.4 is 5.32 Å². The molecule has 2 N–H and O–H groups in total. The van der Waals surface area contributed by atoms with Crippen molar-refractivity contribution in [2.24, 2.45) is 0 Å². The Balaban J connectivity index is 5.08. The summed E-state index contributed by atoms with van der Waals surface area (Å²) in [5, 5.41) is 3.07. The minimum absolute atomic E-state index is 0.0357. The third-order valence-electron chi connectivity index (χ3n) is 15.3. The van der Waals surface area contributed by atoms with Gasteiger partial charge in [-0.15, -0.1) is 0 Å². The fraction of sp³-hybridized carbons (Fsp3) is 0.781. The molecule has 1 amide bonds. The second-order valence-electron chi connectivity index (χ2n) is 24.7. The highest BCUT2D eigenvalue weighted by molar-refractivity contribution is 7.47. The van der Waals surface area contributed by atoms with Crippen molar-refractivity contribution in [2.45, 2.75) is 328 Å². The number of esters is 1. The van der Waals surface area contributed by atoms with Gasteiger partial charge < -0.3 is 19.4 Å². The molecule has 0 heterocycles. The minimum Gasteiger partial charge on any atom is -0.456 e. The number of nitrogens with one attached hydrogen (secondary N) is 1. The first-order valence-electron chi connectivity index (χ1n) is 34.9. The Morgan fingerprint density at radius 3 is 1.12 bits per heavy atom. The van der Waals surface area contributed by atoms with Crippen molar-refractivity contribution in [3.8, 4) is 0 Å². The zero-order valence-corrected chi connectivity index (χ0v) is 56.1. The second-order valence-corrected chi connectivity index (χ2v) is 26.1. The fourth-order valence-electron chi connectivity index (χ4n) is 9.90. The Kier molecular flexibility index (Phi) is 60.1. The molecular weight excluding hydrogens is 1050 g/mol. The number of nitrogens with zero attached hydrogens (tertiary/aromatic N) is 1. The van der Waals surface area contributed by atoms with Gasteiger partial charge in [0.1, 0.15) is 19.3 Å². The van der Waals surface area contributed by atoms with Gasteiger partial charge in [-0.25, -0.2) is 4.57 Å². The van der Waals surface area contributed by atoms with Crippen LogP contribution in [0.15, 0.2) is 85.1 Å². The molecule has 0 aliphatic heterocycles. The van der Waals surface area contributed by atoms with Crippen molar-refractivity contribution < 1.29 is 37.3 Å². The first-order chi connectivity index (χ1) is 40.4. The van der Waals surface area contributed by atoms with Crippen LogP contribution in [0.2, 0.25) is 0 Å². The molecule has 0 rings (SSSR count). The van der Waals surface area contributed by atoms with Gasteiger partial charge in [-0.05, 0) is 109 Å². The van der Waals surface area contributed by atoms with Gasteiger partial charge in [0, 0.05) is 12.8 Å². The number of ether oxygens (including phenoxy) is 1. The van der Waals surface area contributed by atoms with E-state index in [1.54, 1.807) is 0 Å². The summed E-state index contributed by atoms with van der Waals surface area (Å²) in [4.78, 5) is 37.9. The maximum atomic E-state index is 13.6. The topological polar surface area (TPSA) is 111 Å². The summed E-state index contributed by atoms with van der Waals surface area (Å²) in [7, 11) is 1.49. The largest absolute Gasteiger partial charge is 0.472 e. The van der Waals surface area contributed by atoms with Crippen LogP contribution in [0.3, 0.4) is 0 Å². The predicted octanol–water partition coefficient (Wildman–Crippen LogP) is 22.1. The molecule has 3 atom stereocenters. The molecule has 0 radical (unpaired) electrons. The quantitative estimate of drug-likeness (QED) is 0.0205. The van der Waals surface area contributed by atoms with Gasteiger partial charge in [0.15, 0.2) is 0 Å². The number of phosphoric acid groups is 1. The van der Waals surface area contributed by atoms with Gasteiger partial charge >= 0.3 is 13.8 Å². The summed E-state index contributed by atoms with van der Waals surface area (Å²) in [6.45, 7) is 6.97. The Morgan fingerprint density at radius 2 is 0.735 bits per heavy atom. The number of hydrogen-bond donors (Lipinski definition) is 2. The smallest absolute Gasteiger partial charge is 0.456 e. The Labute approximate surface area is 514 Å². The van der Waals surface area contributed by atoms with E-state index in [2.05, 4.69) is 99.0 Å². The number of likely N-dealkylation sites (N-methyl/N-ethyl adjacent to an activating group) is 1. The molecule has 9 nitrogen and oxygen atoms in total. The lowest BCUT2D eigenvalue weighted by Gasteiger charge is -2.27. The van der Waals surface area contributed by atoms with Crippen molar-refractivity contribution in [1.82, 2.24) is 5.32 Å². The van der Waals surface area contributed by atoms with Crippen LogP contribution in [0.4, 0.5) is 0 Å². The number of rotatable bonds is 63. The number of phosphoric ester groups is 1. The van der Waals surface area contributed by atoms with E-state index in [1.807, 2.05) is 33.3 Å². The van der Waals surface area contributed by atoms with Crippen LogP contribution in [0.25, 0.3) is 0 Å². The predicted molar refractivity (Wildman–Crippen MR) is 360 cm³/mol. The van der Waals surface area contributed by atoms with E-state index < -0.39 is 20.0 Å². The molecular formula is C73H134N2O7P+. The van der Waals surface area contributed by atoms with Crippen molar-refractivity contribution in [1.29, 1.82) is 0 Å². The van der Waals surface area contributed by atoms with E-state index in [0.29, 0.717) is 17.4 Å². The summed E-state index contributed by atoms with van der Waals surface area (Å²) in [5.41, 5.74) is 0. The van der Waals surface area contributed by atoms with Gasteiger partial charge in [-0.1, -0.05) is 280 Å². The van der Waals surface area contributed by atoms with E-state index in [0.717, 1.165) is 96.3 Å². The van der Waals surface area contributed by atoms with E-state index in [9.17, 15) is 19.0 Å². The van der Waals surface area contributed by atoms with Gasteiger partial charge in [-0.2, -0.15) is 0 Å². The summed E-state index contributed by atoms with van der Waals surface area (Å²) in [6, 6.07) is -0.857. The molecule has 0 aliphatic rings. The summed E-state index contributed by atoms with van der Waals surface area (Å²) < 4.78 is 30.8. The van der Waals surface area contributed by atoms with Crippen LogP contribution in [0, 0.1) is 0 Å². The van der Waals surface area contributed by atoms with Gasteiger partial charge in [0.05, 0.1) is 33.8 Å². The van der Waals surface area contributed by atoms with Gasteiger partial charge in [0.2, 0.25) is 5.91 Å². The number of unbranched alkanes of at least 4 members (excludes halogenated alkanes) is 35. The fourth-order valence-corrected chi connectivity index (χ4v) is 10.6. The number of allylic oxidation sites excluding steroid dienone is 13. The standard InChI is InChI=1S/C73H133N2O7P/c1-7-10-13-16-19-22-25-27-29-31-33-35-37-39-41-43-45-47-50-53-56-59-62-65-72(76)74-70(69-81-83(78,79)80-68-67-75(4,5)6)71(64-61-58-55-52-49-24-21-18-15-12-9-3)82-73(77)66-63-60-57-54-51-48-46-44-42-40-38-36-34-32-30-28-26-23-20-17-14-11-8-2/h19-20,22-23,27-30,34,36,40,42,61,64,70-71H,7-18,21,24-26,31-33,35,37-39,41,43-60,62-63,65-69H2,1-6H3,(H-,74,76,78,79)/p+1/b22-19-,23-20-,29-27-,30-28-,36-34-,42-40-,64-61+. The Hall–Kier alpha value is -2.81. The molecule has 482 valence electrons. The molecule has 0 aromatic rings. The minimum atomic E-state index is -4.46. The lowest BCUT2D eigenvalue weighted by molar-refractivity contribution is -0.870. The molecule has 0 aromatic heterocycles. The van der Waals surface area contributed by atoms with Crippen molar-refractivity contribution in [3.05, 3.63) is 85.1 Å². The molecule has 0 saturated carbocycles. The summed E-state index contributed by atoms with van der Waals surface area (Å²) in [5.74, 6) is -0.513. The zero-order chi connectivity index (χ0) is 60.7. The highest BCUT2D eigenvalue weighted by Gasteiger charge is 2.30. The molecule has 0 fully saturated rings. The summed E-state index contributed by atoms with van der Waals surface area (Å²) in [6.07, 6.45) is 83.0. The second kappa shape index (κ2) is 62.2. The number of carbonyl (C=O) groups excluding carboxylic acids is 2. The van der Waals surface area contributed by atoms with E-state index in [4.69, 9.17) is 13.8 Å². The lowest BCUT2D eigenvalue weighted by Crippen LogP contribution is -2.47. The molecule has 10 heteroatoms. The van der Waals surface area contributed by atoms with Crippen molar-refractivity contribution in [2.75, 3.05) is 40.9 Å². The number of carbonyl (C=O) groups is 2. The number of amides is 1. The molecule has 0 saturated heterocycles. The summed E-state index contributed by atoms with van der Waals surface area (Å²) >= 11 is 0. The molecule has 0 spiro atoms. The lowest BCUT2D eigenvalue weighted by atomic mass is 10.0. The molecule has 0 aliphatic carbocycles. The molecule has 83 heavy (non-hydrogen) atoms. The van der Waals surface area contributed by atoms with Gasteiger partial charge in [-0.3, -0.25) is 18.6 Å². The van der Waals surface area contributed by atoms with Crippen LogP contribution >= 0.6 is 7.82 Å². The highest BCUT2D eigenvalue weighted by atomic mass is 31.2. The first-order valence-corrected chi connectivity index (χ1v) is 36.4. The zero-order valence-electron chi connectivity index (χ0n) is 55.2. The molecule has 0 aromatic carbocycles. The maximum Gasteiger partial charge on any atom is 0.472 e. The normalized spacial score (nSPS) is 14.1. The third kappa shape index (κ3) is 63.5. The van der Waals surface area contributed by atoms with E-state index in [1.165, 1.54) is 186 Å².